The van der Waals surface area contributed by atoms with Crippen LogP contribution in [0.5, 0.6) is 11.5 Å². The van der Waals surface area contributed by atoms with Gasteiger partial charge in [-0.05, 0) is 42.8 Å². The molecule has 2 aromatic carbocycles. The molecule has 1 saturated heterocycles. The predicted molar refractivity (Wildman–Crippen MR) is 109 cm³/mol. The Morgan fingerprint density at radius 3 is 2.29 bits per heavy atom. The number of benzene rings is 2. The van der Waals surface area contributed by atoms with E-state index in [1.165, 1.54) is 7.11 Å². The summed E-state index contributed by atoms with van der Waals surface area (Å²) < 4.78 is 15.8. The van der Waals surface area contributed by atoms with Crippen molar-refractivity contribution in [1.82, 2.24) is 5.43 Å². The van der Waals surface area contributed by atoms with Crippen LogP contribution in [0.4, 0.5) is 5.69 Å². The van der Waals surface area contributed by atoms with E-state index in [9.17, 15) is 4.79 Å². The molecule has 1 amide bonds. The molecule has 0 aliphatic carbocycles. The fraction of sp³-hybridized carbons (Fsp3) is 0.333. The van der Waals surface area contributed by atoms with Crippen LogP contribution in [0.2, 0.25) is 0 Å². The molecular weight excluding hydrogens is 358 g/mol. The van der Waals surface area contributed by atoms with Crippen molar-refractivity contribution in [3.63, 3.8) is 0 Å². The quantitative estimate of drug-likeness (QED) is 0.613. The lowest BCUT2D eigenvalue weighted by Gasteiger charge is -2.28. The van der Waals surface area contributed by atoms with Gasteiger partial charge in [0.1, 0.15) is 0 Å². The van der Waals surface area contributed by atoms with Crippen molar-refractivity contribution in [2.24, 2.45) is 5.10 Å². The van der Waals surface area contributed by atoms with E-state index in [4.69, 9.17) is 14.2 Å². The van der Waals surface area contributed by atoms with Crippen LogP contribution in [0.3, 0.4) is 0 Å². The molecule has 1 aliphatic rings. The number of amides is 1. The number of ether oxygens (including phenoxy) is 3. The topological polar surface area (TPSA) is 72.4 Å². The summed E-state index contributed by atoms with van der Waals surface area (Å²) in [6, 6.07) is 13.1. The van der Waals surface area contributed by atoms with Crippen LogP contribution in [0.1, 0.15) is 22.8 Å². The van der Waals surface area contributed by atoms with Gasteiger partial charge >= 0.3 is 0 Å². The van der Waals surface area contributed by atoms with Crippen LogP contribution in [0.15, 0.2) is 47.6 Å². The fourth-order valence-corrected chi connectivity index (χ4v) is 2.98. The van der Waals surface area contributed by atoms with Gasteiger partial charge in [0, 0.05) is 24.3 Å². The first-order valence-corrected chi connectivity index (χ1v) is 9.12. The number of hydrogen-bond donors (Lipinski definition) is 1. The van der Waals surface area contributed by atoms with Crippen LogP contribution < -0.4 is 19.8 Å². The minimum atomic E-state index is -0.315. The third kappa shape index (κ3) is 4.61. The molecule has 1 fully saturated rings. The average molecular weight is 383 g/mol. The van der Waals surface area contributed by atoms with Gasteiger partial charge in [-0.15, -0.1) is 0 Å². The lowest BCUT2D eigenvalue weighted by molar-refractivity contribution is 0.0954. The maximum atomic E-state index is 12.4. The Bertz CT molecular complexity index is 843. The van der Waals surface area contributed by atoms with Gasteiger partial charge in [-0.2, -0.15) is 5.10 Å². The van der Waals surface area contributed by atoms with E-state index in [-0.39, 0.29) is 5.91 Å². The standard InChI is InChI=1S/C21H25N3O4/c1-15(16-4-7-18(8-5-16)24-10-12-28-13-11-24)22-23-21(25)17-6-9-19(26-2)20(14-17)27-3/h4-9,14H,10-13H2,1-3H3,(H,23,25). The number of carbonyl (C=O) groups excluding carboxylic acids is 1. The van der Waals surface area contributed by atoms with Gasteiger partial charge < -0.3 is 19.1 Å². The smallest absolute Gasteiger partial charge is 0.271 e. The summed E-state index contributed by atoms with van der Waals surface area (Å²) in [4.78, 5) is 14.7. The summed E-state index contributed by atoms with van der Waals surface area (Å²) in [6.45, 7) is 5.16. The summed E-state index contributed by atoms with van der Waals surface area (Å²) in [5, 5.41) is 4.22. The van der Waals surface area contributed by atoms with E-state index in [2.05, 4.69) is 27.6 Å². The Kier molecular flexibility index (Phi) is 6.49. The summed E-state index contributed by atoms with van der Waals surface area (Å²) in [5.74, 6) is 0.749. The first-order valence-electron chi connectivity index (χ1n) is 9.12. The molecule has 1 aliphatic heterocycles. The van der Waals surface area contributed by atoms with Crippen LogP contribution in [-0.2, 0) is 4.74 Å². The Balaban J connectivity index is 1.65. The molecule has 1 heterocycles. The molecule has 0 saturated carbocycles. The largest absolute Gasteiger partial charge is 0.493 e. The number of methoxy groups -OCH3 is 2. The number of hydrazone groups is 1. The average Bonchev–Trinajstić information content (AvgIpc) is 2.77. The van der Waals surface area contributed by atoms with Crippen molar-refractivity contribution in [2.75, 3.05) is 45.4 Å². The van der Waals surface area contributed by atoms with E-state index in [1.807, 2.05) is 19.1 Å². The van der Waals surface area contributed by atoms with Crippen LogP contribution in [0.25, 0.3) is 0 Å². The van der Waals surface area contributed by atoms with Crippen molar-refractivity contribution in [1.29, 1.82) is 0 Å². The minimum absolute atomic E-state index is 0.315. The van der Waals surface area contributed by atoms with E-state index in [1.54, 1.807) is 25.3 Å². The van der Waals surface area contributed by atoms with Gasteiger partial charge in [-0.1, -0.05) is 12.1 Å². The molecule has 28 heavy (non-hydrogen) atoms. The molecule has 0 bridgehead atoms. The number of nitrogens with zero attached hydrogens (tertiary/aromatic N) is 2. The number of nitrogens with one attached hydrogen (secondary N) is 1. The highest BCUT2D eigenvalue weighted by molar-refractivity contribution is 6.01. The lowest BCUT2D eigenvalue weighted by atomic mass is 10.1. The SMILES string of the molecule is COc1ccc(C(=O)NN=C(C)c2ccc(N3CCOCC3)cc2)cc1OC. The van der Waals surface area contributed by atoms with Crippen molar-refractivity contribution in [2.45, 2.75) is 6.92 Å². The second-order valence-corrected chi connectivity index (χ2v) is 6.35. The van der Waals surface area contributed by atoms with Crippen molar-refractivity contribution in [3.05, 3.63) is 53.6 Å². The van der Waals surface area contributed by atoms with E-state index < -0.39 is 0 Å². The number of carbonyl (C=O) groups is 1. The highest BCUT2D eigenvalue weighted by Gasteiger charge is 2.12. The summed E-state index contributed by atoms with van der Waals surface area (Å²) in [5.41, 5.74) is 5.87. The third-order valence-electron chi connectivity index (χ3n) is 4.63. The molecular formula is C21H25N3O4. The summed E-state index contributed by atoms with van der Waals surface area (Å²) >= 11 is 0. The summed E-state index contributed by atoms with van der Waals surface area (Å²) in [7, 11) is 3.08. The zero-order valence-corrected chi connectivity index (χ0v) is 16.4. The van der Waals surface area contributed by atoms with Gasteiger partial charge in [0.05, 0.1) is 33.1 Å². The van der Waals surface area contributed by atoms with Gasteiger partial charge in [-0.25, -0.2) is 5.43 Å². The molecule has 0 radical (unpaired) electrons. The highest BCUT2D eigenvalue weighted by Crippen LogP contribution is 2.27. The molecule has 7 nitrogen and oxygen atoms in total. The maximum absolute atomic E-state index is 12.4. The van der Waals surface area contributed by atoms with Crippen LogP contribution in [0, 0.1) is 0 Å². The zero-order valence-electron chi connectivity index (χ0n) is 16.4. The van der Waals surface area contributed by atoms with Gasteiger partial charge in [-0.3, -0.25) is 4.79 Å². The molecule has 2 aromatic rings. The Labute approximate surface area is 164 Å². The highest BCUT2D eigenvalue weighted by atomic mass is 16.5. The molecule has 148 valence electrons. The Morgan fingerprint density at radius 1 is 1.00 bits per heavy atom. The number of anilines is 1. The molecule has 1 N–H and O–H groups in total. The van der Waals surface area contributed by atoms with Gasteiger partial charge in [0.2, 0.25) is 0 Å². The maximum Gasteiger partial charge on any atom is 0.271 e. The second kappa shape index (κ2) is 9.23. The Morgan fingerprint density at radius 2 is 1.64 bits per heavy atom. The number of morpholine rings is 1. The lowest BCUT2D eigenvalue weighted by Crippen LogP contribution is -2.36. The van der Waals surface area contributed by atoms with E-state index >= 15 is 0 Å². The van der Waals surface area contributed by atoms with Crippen LogP contribution in [-0.4, -0.2) is 52.1 Å². The third-order valence-corrected chi connectivity index (χ3v) is 4.63. The predicted octanol–water partition coefficient (Wildman–Crippen LogP) is 2.69. The molecule has 0 aromatic heterocycles. The zero-order chi connectivity index (χ0) is 19.9. The molecule has 3 rings (SSSR count). The van der Waals surface area contributed by atoms with Crippen molar-refractivity contribution >= 4 is 17.3 Å². The van der Waals surface area contributed by atoms with E-state index in [0.29, 0.717) is 17.1 Å². The van der Waals surface area contributed by atoms with Gasteiger partial charge in [0.15, 0.2) is 11.5 Å². The number of hydrogen-bond acceptors (Lipinski definition) is 6. The molecule has 0 atom stereocenters. The summed E-state index contributed by atoms with van der Waals surface area (Å²) in [6.07, 6.45) is 0. The second-order valence-electron chi connectivity index (χ2n) is 6.35. The monoisotopic (exact) mass is 383 g/mol. The first kappa shape index (κ1) is 19.7. The molecule has 7 heteroatoms. The number of rotatable bonds is 6. The van der Waals surface area contributed by atoms with Gasteiger partial charge in [0.25, 0.3) is 5.91 Å². The fourth-order valence-electron chi connectivity index (χ4n) is 2.98. The van der Waals surface area contributed by atoms with E-state index in [0.717, 1.165) is 43.3 Å². The van der Waals surface area contributed by atoms with Crippen molar-refractivity contribution in [3.8, 4) is 11.5 Å². The minimum Gasteiger partial charge on any atom is -0.493 e. The normalized spacial score (nSPS) is 14.5. The molecule has 0 spiro atoms. The van der Waals surface area contributed by atoms with Crippen molar-refractivity contribution < 1.29 is 19.0 Å². The molecule has 0 unspecified atom stereocenters. The van der Waals surface area contributed by atoms with Crippen LogP contribution >= 0.6 is 0 Å². The first-order chi connectivity index (χ1) is 13.6. The Hall–Kier alpha value is -3.06.